The molecule has 0 saturated heterocycles. The van der Waals surface area contributed by atoms with E-state index in [-0.39, 0.29) is 11.6 Å². The van der Waals surface area contributed by atoms with Crippen molar-refractivity contribution in [2.24, 2.45) is 5.73 Å². The third-order valence-corrected chi connectivity index (χ3v) is 3.53. The van der Waals surface area contributed by atoms with Gasteiger partial charge in [-0.15, -0.1) is 0 Å². The topological polar surface area (TPSA) is 72.9 Å². The first-order valence-corrected chi connectivity index (χ1v) is 6.87. The van der Waals surface area contributed by atoms with Crippen molar-refractivity contribution in [1.82, 2.24) is 9.55 Å². The third kappa shape index (κ3) is 2.72. The fraction of sp³-hybridized carbons (Fsp3) is 0.333. The zero-order chi connectivity index (χ0) is 13.9. The van der Waals surface area contributed by atoms with Crippen LogP contribution in [0.2, 0.25) is 0 Å². The highest BCUT2D eigenvalue weighted by Crippen LogP contribution is 2.33. The van der Waals surface area contributed by atoms with Gasteiger partial charge in [0, 0.05) is 31.0 Å². The Kier molecular flexibility index (Phi) is 3.52. The summed E-state index contributed by atoms with van der Waals surface area (Å²) in [5, 5.41) is 3.06. The minimum absolute atomic E-state index is 0.0599. The molecule has 1 aliphatic rings. The molecule has 0 amide bonds. The second-order valence-corrected chi connectivity index (χ2v) is 5.12. The van der Waals surface area contributed by atoms with Crippen molar-refractivity contribution in [2.75, 3.05) is 11.9 Å². The highest BCUT2D eigenvalue weighted by atomic mass is 16.1. The number of aromatic nitrogens is 2. The molecule has 0 radical (unpaired) electrons. The van der Waals surface area contributed by atoms with Crippen molar-refractivity contribution in [3.05, 3.63) is 58.6 Å². The van der Waals surface area contributed by atoms with E-state index in [0.717, 1.165) is 18.4 Å². The van der Waals surface area contributed by atoms with Crippen LogP contribution in [0.3, 0.4) is 0 Å². The van der Waals surface area contributed by atoms with Crippen LogP contribution in [-0.4, -0.2) is 16.1 Å². The first kappa shape index (κ1) is 12.9. The Hall–Kier alpha value is -2.14. The number of benzene rings is 1. The molecule has 1 heterocycles. The van der Waals surface area contributed by atoms with Crippen molar-refractivity contribution in [3.8, 4) is 0 Å². The molecule has 3 rings (SSSR count). The van der Waals surface area contributed by atoms with E-state index in [1.165, 1.54) is 0 Å². The molecular weight excluding hydrogens is 252 g/mol. The summed E-state index contributed by atoms with van der Waals surface area (Å²) >= 11 is 0. The summed E-state index contributed by atoms with van der Waals surface area (Å²) in [5.41, 5.74) is 7.08. The van der Waals surface area contributed by atoms with Crippen molar-refractivity contribution in [3.63, 3.8) is 0 Å². The Morgan fingerprint density at radius 3 is 2.80 bits per heavy atom. The summed E-state index contributed by atoms with van der Waals surface area (Å²) in [6.45, 7) is 0.487. The van der Waals surface area contributed by atoms with Crippen LogP contribution in [0.15, 0.2) is 47.5 Å². The van der Waals surface area contributed by atoms with E-state index in [1.54, 1.807) is 17.0 Å². The maximum Gasteiger partial charge on any atom is 0.293 e. The van der Waals surface area contributed by atoms with Crippen molar-refractivity contribution in [2.45, 2.75) is 24.9 Å². The summed E-state index contributed by atoms with van der Waals surface area (Å²) in [7, 11) is 0. The lowest BCUT2D eigenvalue weighted by Gasteiger charge is -2.14. The van der Waals surface area contributed by atoms with Crippen LogP contribution in [0.25, 0.3) is 0 Å². The van der Waals surface area contributed by atoms with Gasteiger partial charge in [0.15, 0.2) is 5.82 Å². The fourth-order valence-corrected chi connectivity index (χ4v) is 2.21. The van der Waals surface area contributed by atoms with Gasteiger partial charge in [-0.05, 0) is 18.4 Å². The molecule has 2 aromatic rings. The van der Waals surface area contributed by atoms with Crippen LogP contribution < -0.4 is 16.6 Å². The minimum atomic E-state index is -0.160. The molecule has 1 aliphatic carbocycles. The zero-order valence-electron chi connectivity index (χ0n) is 11.2. The van der Waals surface area contributed by atoms with E-state index in [2.05, 4.69) is 10.3 Å². The van der Waals surface area contributed by atoms with Gasteiger partial charge in [-0.1, -0.05) is 30.3 Å². The zero-order valence-corrected chi connectivity index (χ0v) is 11.2. The van der Waals surface area contributed by atoms with E-state index in [4.69, 9.17) is 5.73 Å². The monoisotopic (exact) mass is 270 g/mol. The maximum absolute atomic E-state index is 12.2. The molecule has 1 atom stereocenters. The van der Waals surface area contributed by atoms with Gasteiger partial charge in [-0.2, -0.15) is 0 Å². The minimum Gasteiger partial charge on any atom is -0.364 e. The molecule has 104 valence electrons. The van der Waals surface area contributed by atoms with Gasteiger partial charge in [0.05, 0.1) is 0 Å². The Labute approximate surface area is 117 Å². The highest BCUT2D eigenvalue weighted by molar-refractivity contribution is 5.32. The molecule has 5 nitrogen and oxygen atoms in total. The normalized spacial score (nSPS) is 15.8. The summed E-state index contributed by atoms with van der Waals surface area (Å²) in [4.78, 5) is 16.3. The predicted octanol–water partition coefficient (Wildman–Crippen LogP) is 1.69. The lowest BCUT2D eigenvalue weighted by molar-refractivity contribution is 0.694. The molecular formula is C15H18N4O. The number of nitrogens with zero attached hydrogens (tertiary/aromatic N) is 2. The van der Waals surface area contributed by atoms with Crippen LogP contribution >= 0.6 is 0 Å². The molecule has 0 spiro atoms. The number of hydrogen-bond acceptors (Lipinski definition) is 4. The molecule has 5 heteroatoms. The molecule has 20 heavy (non-hydrogen) atoms. The van der Waals surface area contributed by atoms with Gasteiger partial charge < -0.3 is 15.6 Å². The second kappa shape index (κ2) is 5.46. The average molecular weight is 270 g/mol. The van der Waals surface area contributed by atoms with Crippen LogP contribution in [0, 0.1) is 0 Å². The number of nitrogens with two attached hydrogens (primary N) is 1. The highest BCUT2D eigenvalue weighted by Gasteiger charge is 2.25. The number of nitrogens with one attached hydrogen (secondary N) is 1. The number of anilines is 1. The Bertz CT molecular complexity index is 634. The lowest BCUT2D eigenvalue weighted by Crippen LogP contribution is -2.27. The molecule has 0 aliphatic heterocycles. The SMILES string of the molecule is NC(CNc1nccn(C2CC2)c1=O)c1ccccc1. The van der Waals surface area contributed by atoms with Gasteiger partial charge >= 0.3 is 0 Å². The van der Waals surface area contributed by atoms with Gasteiger partial charge in [0.25, 0.3) is 5.56 Å². The Morgan fingerprint density at radius 1 is 1.35 bits per heavy atom. The smallest absolute Gasteiger partial charge is 0.293 e. The van der Waals surface area contributed by atoms with E-state index >= 15 is 0 Å². The second-order valence-electron chi connectivity index (χ2n) is 5.12. The Morgan fingerprint density at radius 2 is 2.10 bits per heavy atom. The average Bonchev–Trinajstić information content (AvgIpc) is 3.31. The van der Waals surface area contributed by atoms with E-state index in [0.29, 0.717) is 18.4 Å². The van der Waals surface area contributed by atoms with Crippen LogP contribution in [0.1, 0.15) is 30.5 Å². The first-order valence-electron chi connectivity index (χ1n) is 6.87. The van der Waals surface area contributed by atoms with Crippen LogP contribution in [0.5, 0.6) is 0 Å². The number of hydrogen-bond donors (Lipinski definition) is 2. The van der Waals surface area contributed by atoms with Crippen molar-refractivity contribution in [1.29, 1.82) is 0 Å². The standard InChI is InChI=1S/C15H18N4O/c16-13(11-4-2-1-3-5-11)10-18-14-15(20)19(9-8-17-14)12-6-7-12/h1-5,8-9,12-13H,6-7,10,16H2,(H,17,18). The summed E-state index contributed by atoms with van der Waals surface area (Å²) < 4.78 is 1.75. The van der Waals surface area contributed by atoms with Gasteiger partial charge in [0.2, 0.25) is 0 Å². The number of rotatable bonds is 5. The summed E-state index contributed by atoms with van der Waals surface area (Å²) in [6, 6.07) is 10.0. The van der Waals surface area contributed by atoms with E-state index in [9.17, 15) is 4.79 Å². The third-order valence-electron chi connectivity index (χ3n) is 3.53. The molecule has 1 saturated carbocycles. The largest absolute Gasteiger partial charge is 0.364 e. The van der Waals surface area contributed by atoms with Gasteiger partial charge in [0.1, 0.15) is 0 Å². The lowest BCUT2D eigenvalue weighted by atomic mass is 10.1. The molecule has 1 aromatic heterocycles. The van der Waals surface area contributed by atoms with Crippen molar-refractivity contribution >= 4 is 5.82 Å². The maximum atomic E-state index is 12.2. The summed E-state index contributed by atoms with van der Waals surface area (Å²) in [6.07, 6.45) is 5.57. The fourth-order valence-electron chi connectivity index (χ4n) is 2.21. The van der Waals surface area contributed by atoms with E-state index < -0.39 is 0 Å². The van der Waals surface area contributed by atoms with E-state index in [1.807, 2.05) is 30.3 Å². The first-order chi connectivity index (χ1) is 9.75. The van der Waals surface area contributed by atoms with Gasteiger partial charge in [-0.3, -0.25) is 4.79 Å². The van der Waals surface area contributed by atoms with Gasteiger partial charge in [-0.25, -0.2) is 4.98 Å². The van der Waals surface area contributed by atoms with Crippen molar-refractivity contribution < 1.29 is 0 Å². The molecule has 1 fully saturated rings. The predicted molar refractivity (Wildman–Crippen MR) is 78.6 cm³/mol. The Balaban J connectivity index is 1.69. The molecule has 1 aromatic carbocycles. The molecule has 1 unspecified atom stereocenters. The molecule has 0 bridgehead atoms. The molecule has 3 N–H and O–H groups in total. The van der Waals surface area contributed by atoms with Crippen LogP contribution in [0.4, 0.5) is 5.82 Å². The quantitative estimate of drug-likeness (QED) is 0.867. The summed E-state index contributed by atoms with van der Waals surface area (Å²) in [5.74, 6) is 0.380. The van der Waals surface area contributed by atoms with Crippen LogP contribution in [-0.2, 0) is 0 Å².